The lowest BCUT2D eigenvalue weighted by Gasteiger charge is -2.07. The lowest BCUT2D eigenvalue weighted by molar-refractivity contribution is -0.385. The van der Waals surface area contributed by atoms with Crippen LogP contribution in [0.25, 0.3) is 10.9 Å². The van der Waals surface area contributed by atoms with Crippen molar-refractivity contribution in [2.45, 2.75) is 6.92 Å². The predicted octanol–water partition coefficient (Wildman–Crippen LogP) is 3.33. The minimum atomic E-state index is -0.602. The number of rotatable bonds is 3. The maximum absolute atomic E-state index is 13.0. The van der Waals surface area contributed by atoms with Gasteiger partial charge < -0.3 is 4.74 Å². The summed E-state index contributed by atoms with van der Waals surface area (Å²) < 4.78 is 6.12. The van der Waals surface area contributed by atoms with E-state index in [1.54, 1.807) is 37.3 Å². The van der Waals surface area contributed by atoms with Crippen molar-refractivity contribution in [2.75, 3.05) is 7.11 Å². The van der Waals surface area contributed by atoms with Gasteiger partial charge in [-0.2, -0.15) is 0 Å². The number of esters is 1. The number of aromatic nitrogens is 1. The van der Waals surface area contributed by atoms with Gasteiger partial charge >= 0.3 is 5.97 Å². The first-order valence-corrected chi connectivity index (χ1v) is 7.43. The molecule has 3 aromatic rings. The third-order valence-electron chi connectivity index (χ3n) is 4.04. The number of benzene rings is 2. The molecule has 0 aliphatic rings. The van der Waals surface area contributed by atoms with Crippen LogP contribution in [0.1, 0.15) is 26.4 Å². The standard InChI is InChI=1S/C18H14N2O5/c1-11-16(18(22)25-2)12-7-3-5-9-14(12)19(11)17(21)13-8-4-6-10-15(13)20(23)24/h3-10H,1-2H3. The van der Waals surface area contributed by atoms with E-state index in [9.17, 15) is 19.7 Å². The Bertz CT molecular complexity index is 1020. The maximum Gasteiger partial charge on any atom is 0.340 e. The van der Waals surface area contributed by atoms with E-state index < -0.39 is 16.8 Å². The number of ether oxygens (including phenoxy) is 1. The third kappa shape index (κ3) is 2.55. The predicted molar refractivity (Wildman–Crippen MR) is 90.8 cm³/mol. The first-order chi connectivity index (χ1) is 12.0. The van der Waals surface area contributed by atoms with Gasteiger partial charge in [-0.05, 0) is 19.1 Å². The number of carbonyl (C=O) groups is 2. The first-order valence-electron chi connectivity index (χ1n) is 7.43. The summed E-state index contributed by atoms with van der Waals surface area (Å²) in [6.45, 7) is 1.61. The molecule has 0 saturated carbocycles. The lowest BCUT2D eigenvalue weighted by Crippen LogP contribution is -2.16. The van der Waals surface area contributed by atoms with Gasteiger partial charge in [-0.1, -0.05) is 30.3 Å². The van der Waals surface area contributed by atoms with Crippen LogP contribution in [-0.4, -0.2) is 28.5 Å². The van der Waals surface area contributed by atoms with Crippen molar-refractivity contribution in [1.29, 1.82) is 0 Å². The zero-order chi connectivity index (χ0) is 18.1. The van der Waals surface area contributed by atoms with Crippen molar-refractivity contribution < 1.29 is 19.2 Å². The summed E-state index contributed by atoms with van der Waals surface area (Å²) in [6, 6.07) is 12.6. The molecule has 7 heteroatoms. The summed E-state index contributed by atoms with van der Waals surface area (Å²) in [5.74, 6) is -1.14. The van der Waals surface area contributed by atoms with Crippen LogP contribution in [-0.2, 0) is 4.74 Å². The Morgan fingerprint density at radius 2 is 1.72 bits per heavy atom. The van der Waals surface area contributed by atoms with Crippen LogP contribution < -0.4 is 0 Å². The summed E-state index contributed by atoms with van der Waals surface area (Å²) >= 11 is 0. The number of nitro benzene ring substituents is 1. The quantitative estimate of drug-likeness (QED) is 0.415. The molecule has 0 aliphatic carbocycles. The van der Waals surface area contributed by atoms with E-state index in [0.29, 0.717) is 16.6 Å². The minimum Gasteiger partial charge on any atom is -0.465 e. The van der Waals surface area contributed by atoms with Gasteiger partial charge in [0, 0.05) is 17.1 Å². The van der Waals surface area contributed by atoms with E-state index in [4.69, 9.17) is 4.74 Å². The van der Waals surface area contributed by atoms with Gasteiger partial charge in [0.05, 0.1) is 23.1 Å². The van der Waals surface area contributed by atoms with Crippen LogP contribution in [0.5, 0.6) is 0 Å². The lowest BCUT2D eigenvalue weighted by atomic mass is 10.1. The average molecular weight is 338 g/mol. The highest BCUT2D eigenvalue weighted by Gasteiger charge is 2.27. The highest BCUT2D eigenvalue weighted by molar-refractivity contribution is 6.12. The Hall–Kier alpha value is -3.48. The molecule has 2 aromatic carbocycles. The van der Waals surface area contributed by atoms with E-state index in [-0.39, 0.29) is 16.8 Å². The number of nitrogens with zero attached hydrogens (tertiary/aromatic N) is 2. The number of carbonyl (C=O) groups excluding carboxylic acids is 2. The Labute approximate surface area is 142 Å². The summed E-state index contributed by atoms with van der Waals surface area (Å²) in [4.78, 5) is 35.8. The Kier molecular flexibility index (Phi) is 4.06. The van der Waals surface area contributed by atoms with Gasteiger partial charge in [0.2, 0.25) is 0 Å². The van der Waals surface area contributed by atoms with E-state index in [1.165, 1.54) is 29.9 Å². The average Bonchev–Trinajstić information content (AvgIpc) is 2.92. The van der Waals surface area contributed by atoms with Gasteiger partial charge in [-0.15, -0.1) is 0 Å². The van der Waals surface area contributed by atoms with Gasteiger partial charge in [-0.25, -0.2) is 4.79 Å². The molecule has 0 radical (unpaired) electrons. The number of methoxy groups -OCH3 is 1. The summed E-state index contributed by atoms with van der Waals surface area (Å²) in [5, 5.41) is 11.8. The number of fused-ring (bicyclic) bond motifs is 1. The molecule has 0 unspecified atom stereocenters. The van der Waals surface area contributed by atoms with Crippen LogP contribution in [0.15, 0.2) is 48.5 Å². The Balaban J connectivity index is 2.30. The second kappa shape index (κ2) is 6.20. The molecule has 0 spiro atoms. The molecule has 0 amide bonds. The van der Waals surface area contributed by atoms with Gasteiger partial charge in [0.15, 0.2) is 0 Å². The fourth-order valence-electron chi connectivity index (χ4n) is 2.92. The highest BCUT2D eigenvalue weighted by Crippen LogP contribution is 2.29. The van der Waals surface area contributed by atoms with Crippen LogP contribution in [0.4, 0.5) is 5.69 Å². The van der Waals surface area contributed by atoms with Crippen LogP contribution >= 0.6 is 0 Å². The van der Waals surface area contributed by atoms with E-state index in [2.05, 4.69) is 0 Å². The van der Waals surface area contributed by atoms with Gasteiger partial charge in [0.25, 0.3) is 11.6 Å². The van der Waals surface area contributed by atoms with Crippen LogP contribution in [0.3, 0.4) is 0 Å². The molecular formula is C18H14N2O5. The molecule has 0 aliphatic heterocycles. The normalized spacial score (nSPS) is 10.6. The fourth-order valence-corrected chi connectivity index (χ4v) is 2.92. The first kappa shape index (κ1) is 16.4. The van der Waals surface area contributed by atoms with E-state index in [1.807, 2.05) is 0 Å². The molecule has 0 atom stereocenters. The molecule has 3 rings (SSSR count). The smallest absolute Gasteiger partial charge is 0.340 e. The van der Waals surface area contributed by atoms with Crippen LogP contribution in [0, 0.1) is 17.0 Å². The van der Waals surface area contributed by atoms with Crippen molar-refractivity contribution in [3.8, 4) is 0 Å². The molecule has 25 heavy (non-hydrogen) atoms. The zero-order valence-electron chi connectivity index (χ0n) is 13.6. The van der Waals surface area contributed by atoms with Crippen LogP contribution in [0.2, 0.25) is 0 Å². The number of hydrogen-bond acceptors (Lipinski definition) is 5. The molecule has 7 nitrogen and oxygen atoms in total. The molecule has 126 valence electrons. The third-order valence-corrected chi connectivity index (χ3v) is 4.04. The molecule has 0 fully saturated rings. The van der Waals surface area contributed by atoms with Crippen molar-refractivity contribution >= 4 is 28.5 Å². The Morgan fingerprint density at radius 1 is 1.08 bits per heavy atom. The number of hydrogen-bond donors (Lipinski definition) is 0. The summed E-state index contributed by atoms with van der Waals surface area (Å²) in [6.07, 6.45) is 0. The molecule has 0 saturated heterocycles. The molecule has 0 N–H and O–H groups in total. The van der Waals surface area contributed by atoms with Gasteiger partial charge in [-0.3, -0.25) is 19.5 Å². The second-order valence-electron chi connectivity index (χ2n) is 5.38. The molecule has 0 bridgehead atoms. The Morgan fingerprint density at radius 3 is 2.40 bits per heavy atom. The molecule has 1 heterocycles. The zero-order valence-corrected chi connectivity index (χ0v) is 13.6. The fraction of sp³-hybridized carbons (Fsp3) is 0.111. The van der Waals surface area contributed by atoms with E-state index in [0.717, 1.165) is 0 Å². The van der Waals surface area contributed by atoms with Crippen molar-refractivity contribution in [2.24, 2.45) is 0 Å². The van der Waals surface area contributed by atoms with Crippen molar-refractivity contribution in [1.82, 2.24) is 4.57 Å². The highest BCUT2D eigenvalue weighted by atomic mass is 16.6. The van der Waals surface area contributed by atoms with Crippen molar-refractivity contribution in [3.05, 3.63) is 75.5 Å². The monoisotopic (exact) mass is 338 g/mol. The maximum atomic E-state index is 13.0. The number of para-hydroxylation sites is 2. The summed E-state index contributed by atoms with van der Waals surface area (Å²) in [7, 11) is 1.26. The molecule has 1 aromatic heterocycles. The number of nitro groups is 1. The topological polar surface area (TPSA) is 91.4 Å². The molecular weight excluding hydrogens is 324 g/mol. The largest absolute Gasteiger partial charge is 0.465 e. The summed E-state index contributed by atoms with van der Waals surface area (Å²) in [5.41, 5.74) is 0.793. The van der Waals surface area contributed by atoms with E-state index >= 15 is 0 Å². The minimum absolute atomic E-state index is 0.0484. The second-order valence-corrected chi connectivity index (χ2v) is 5.38. The van der Waals surface area contributed by atoms with Gasteiger partial charge in [0.1, 0.15) is 5.56 Å². The SMILES string of the molecule is COC(=O)c1c(C)n(C(=O)c2ccccc2[N+](=O)[O-])c2ccccc12. The van der Waals surface area contributed by atoms with Crippen molar-refractivity contribution in [3.63, 3.8) is 0 Å².